The van der Waals surface area contributed by atoms with Crippen LogP contribution in [0.5, 0.6) is 23.1 Å². The third kappa shape index (κ3) is 4.25. The average molecular weight is 463 g/mol. The van der Waals surface area contributed by atoms with Crippen molar-refractivity contribution in [1.82, 2.24) is 9.97 Å². The molecule has 0 saturated heterocycles. The van der Waals surface area contributed by atoms with Gasteiger partial charge in [0.25, 0.3) is 0 Å². The Morgan fingerprint density at radius 1 is 0.818 bits per heavy atom. The molecule has 0 saturated carbocycles. The lowest BCUT2D eigenvalue weighted by Gasteiger charge is -2.16. The van der Waals surface area contributed by atoms with Crippen LogP contribution in [0.25, 0.3) is 21.7 Å². The lowest BCUT2D eigenvalue weighted by Crippen LogP contribution is -2.07. The van der Waals surface area contributed by atoms with Crippen LogP contribution < -0.4 is 18.9 Å². The maximum Gasteiger partial charge on any atom is 0.221 e. The predicted molar refractivity (Wildman–Crippen MR) is 127 cm³/mol. The van der Waals surface area contributed by atoms with Gasteiger partial charge in [0.1, 0.15) is 5.01 Å². The molecular formula is C25H22N2O5S. The van der Waals surface area contributed by atoms with Crippen molar-refractivity contribution >= 4 is 17.1 Å². The van der Waals surface area contributed by atoms with Gasteiger partial charge in [-0.2, -0.15) is 0 Å². The van der Waals surface area contributed by atoms with Crippen molar-refractivity contribution in [2.24, 2.45) is 0 Å². The normalized spacial score (nSPS) is 10.5. The third-order valence-electron chi connectivity index (χ3n) is 5.13. The lowest BCUT2D eigenvalue weighted by molar-refractivity contribution is 0.103. The van der Waals surface area contributed by atoms with E-state index in [0.717, 1.165) is 10.6 Å². The highest BCUT2D eigenvalue weighted by molar-refractivity contribution is 7.13. The van der Waals surface area contributed by atoms with Gasteiger partial charge in [0.15, 0.2) is 17.3 Å². The monoisotopic (exact) mass is 462 g/mol. The number of aromatic nitrogens is 2. The zero-order valence-corrected chi connectivity index (χ0v) is 19.4. The van der Waals surface area contributed by atoms with E-state index in [-0.39, 0.29) is 5.78 Å². The SMILES string of the molecule is COc1cc(C(=O)c2cc(-c3nccs3)ccc2-c2cccnc2OC)cc(OC)c1OC. The molecule has 4 aromatic rings. The second-order valence-corrected chi connectivity index (χ2v) is 7.80. The molecular weight excluding hydrogens is 440 g/mol. The standard InChI is InChI=1S/C25H22N2O5S/c1-29-20-13-16(14-21(30-2)23(20)31-3)22(28)19-12-15(25-27-10-11-33-25)7-8-17(19)18-6-5-9-26-24(18)32-4/h5-14H,1-4H3. The summed E-state index contributed by atoms with van der Waals surface area (Å²) in [5.74, 6) is 1.43. The molecule has 168 valence electrons. The molecule has 0 radical (unpaired) electrons. The van der Waals surface area contributed by atoms with Gasteiger partial charge in [0.05, 0.1) is 28.4 Å². The van der Waals surface area contributed by atoms with Crippen LogP contribution in [-0.4, -0.2) is 44.2 Å². The van der Waals surface area contributed by atoms with Crippen LogP contribution >= 0.6 is 11.3 Å². The number of carbonyl (C=O) groups is 1. The number of ether oxygens (including phenoxy) is 4. The number of hydrogen-bond donors (Lipinski definition) is 0. The van der Waals surface area contributed by atoms with Crippen LogP contribution in [0.15, 0.2) is 60.2 Å². The summed E-state index contributed by atoms with van der Waals surface area (Å²) in [6, 6.07) is 12.6. The van der Waals surface area contributed by atoms with Crippen molar-refractivity contribution < 1.29 is 23.7 Å². The van der Waals surface area contributed by atoms with Crippen LogP contribution in [0, 0.1) is 0 Å². The molecule has 4 rings (SSSR count). The van der Waals surface area contributed by atoms with Crippen LogP contribution in [-0.2, 0) is 0 Å². The van der Waals surface area contributed by atoms with Gasteiger partial charge in [-0.3, -0.25) is 4.79 Å². The van der Waals surface area contributed by atoms with Gasteiger partial charge in [-0.15, -0.1) is 11.3 Å². The van der Waals surface area contributed by atoms with E-state index in [1.807, 2.05) is 29.6 Å². The number of pyridine rings is 1. The molecule has 0 aliphatic rings. The smallest absolute Gasteiger partial charge is 0.221 e. The quantitative estimate of drug-likeness (QED) is 0.336. The fourth-order valence-corrected chi connectivity index (χ4v) is 4.23. The molecule has 0 aliphatic heterocycles. The summed E-state index contributed by atoms with van der Waals surface area (Å²) in [5.41, 5.74) is 3.11. The predicted octanol–water partition coefficient (Wildman–Crippen LogP) is 5.14. The lowest BCUT2D eigenvalue weighted by atomic mass is 9.92. The van der Waals surface area contributed by atoms with E-state index in [9.17, 15) is 4.79 Å². The summed E-state index contributed by atoms with van der Waals surface area (Å²) in [6.45, 7) is 0. The number of hydrogen-bond acceptors (Lipinski definition) is 8. The van der Waals surface area contributed by atoms with E-state index in [0.29, 0.717) is 45.4 Å². The molecule has 0 bridgehead atoms. The van der Waals surface area contributed by atoms with Gasteiger partial charge < -0.3 is 18.9 Å². The molecule has 2 aromatic heterocycles. The largest absolute Gasteiger partial charge is 0.493 e. The van der Waals surface area contributed by atoms with Crippen molar-refractivity contribution in [3.05, 3.63) is 71.4 Å². The molecule has 0 unspecified atom stereocenters. The number of ketones is 1. The second-order valence-electron chi connectivity index (χ2n) is 6.90. The molecule has 0 fully saturated rings. The van der Waals surface area contributed by atoms with Gasteiger partial charge >= 0.3 is 0 Å². The van der Waals surface area contributed by atoms with E-state index in [2.05, 4.69) is 9.97 Å². The summed E-state index contributed by atoms with van der Waals surface area (Å²) in [6.07, 6.45) is 3.38. The first-order valence-corrected chi connectivity index (χ1v) is 10.9. The summed E-state index contributed by atoms with van der Waals surface area (Å²) in [7, 11) is 6.10. The first-order chi connectivity index (χ1) is 16.1. The Balaban J connectivity index is 1.93. The Kier molecular flexibility index (Phi) is 6.55. The first-order valence-electron chi connectivity index (χ1n) is 9.99. The molecule has 2 heterocycles. The number of methoxy groups -OCH3 is 4. The van der Waals surface area contributed by atoms with Crippen LogP contribution in [0.4, 0.5) is 0 Å². The zero-order chi connectivity index (χ0) is 23.4. The minimum Gasteiger partial charge on any atom is -0.493 e. The highest BCUT2D eigenvalue weighted by Gasteiger charge is 2.23. The summed E-state index contributed by atoms with van der Waals surface area (Å²) in [4.78, 5) is 22.6. The van der Waals surface area contributed by atoms with Gasteiger partial charge in [-0.05, 0) is 35.9 Å². The number of rotatable bonds is 8. The van der Waals surface area contributed by atoms with Gasteiger partial charge in [0, 0.05) is 40.0 Å². The average Bonchev–Trinajstić information content (AvgIpc) is 3.42. The van der Waals surface area contributed by atoms with E-state index in [1.165, 1.54) is 32.7 Å². The molecule has 8 heteroatoms. The Morgan fingerprint density at radius 3 is 2.18 bits per heavy atom. The Morgan fingerprint density at radius 2 is 1.58 bits per heavy atom. The van der Waals surface area contributed by atoms with Crippen LogP contribution in [0.1, 0.15) is 15.9 Å². The van der Waals surface area contributed by atoms with Crippen molar-refractivity contribution in [3.8, 4) is 44.8 Å². The van der Waals surface area contributed by atoms with Gasteiger partial charge in [-0.1, -0.05) is 12.1 Å². The number of carbonyl (C=O) groups excluding carboxylic acids is 1. The highest BCUT2D eigenvalue weighted by atomic mass is 32.1. The summed E-state index contributed by atoms with van der Waals surface area (Å²) in [5, 5.41) is 2.72. The molecule has 33 heavy (non-hydrogen) atoms. The van der Waals surface area contributed by atoms with Crippen LogP contribution in [0.3, 0.4) is 0 Å². The molecule has 7 nitrogen and oxygen atoms in total. The number of benzene rings is 2. The maximum absolute atomic E-state index is 13.9. The minimum atomic E-state index is -0.214. The molecule has 0 atom stereocenters. The number of nitrogens with zero attached hydrogens (tertiary/aromatic N) is 2. The summed E-state index contributed by atoms with van der Waals surface area (Å²) < 4.78 is 21.7. The topological polar surface area (TPSA) is 79.8 Å². The van der Waals surface area contributed by atoms with Crippen LogP contribution in [0.2, 0.25) is 0 Å². The fourth-order valence-electron chi connectivity index (χ4n) is 3.59. The van der Waals surface area contributed by atoms with Crippen molar-refractivity contribution in [2.75, 3.05) is 28.4 Å². The van der Waals surface area contributed by atoms with Crippen molar-refractivity contribution in [2.45, 2.75) is 0 Å². The van der Waals surface area contributed by atoms with E-state index in [1.54, 1.807) is 37.7 Å². The molecule has 0 spiro atoms. The zero-order valence-electron chi connectivity index (χ0n) is 18.6. The highest BCUT2D eigenvalue weighted by Crippen LogP contribution is 2.40. The van der Waals surface area contributed by atoms with Gasteiger partial charge in [0.2, 0.25) is 11.6 Å². The molecule has 0 amide bonds. The molecule has 0 aliphatic carbocycles. The Bertz CT molecular complexity index is 1260. The Labute approximate surface area is 195 Å². The summed E-state index contributed by atoms with van der Waals surface area (Å²) >= 11 is 1.50. The molecule has 0 N–H and O–H groups in total. The third-order valence-corrected chi connectivity index (χ3v) is 5.95. The number of thiazole rings is 1. The maximum atomic E-state index is 13.9. The van der Waals surface area contributed by atoms with E-state index >= 15 is 0 Å². The Hall–Kier alpha value is -3.91. The fraction of sp³-hybridized carbons (Fsp3) is 0.160. The first kappa shape index (κ1) is 22.3. The molecule has 2 aromatic carbocycles. The van der Waals surface area contributed by atoms with Crippen molar-refractivity contribution in [3.63, 3.8) is 0 Å². The van der Waals surface area contributed by atoms with Crippen molar-refractivity contribution in [1.29, 1.82) is 0 Å². The second kappa shape index (κ2) is 9.70. The van der Waals surface area contributed by atoms with E-state index in [4.69, 9.17) is 18.9 Å². The van der Waals surface area contributed by atoms with Gasteiger partial charge in [-0.25, -0.2) is 9.97 Å². The minimum absolute atomic E-state index is 0.214. The van der Waals surface area contributed by atoms with E-state index < -0.39 is 0 Å².